The summed E-state index contributed by atoms with van der Waals surface area (Å²) in [4.78, 5) is 10.1. The third-order valence-corrected chi connectivity index (χ3v) is 7.78. The molecule has 3 atom stereocenters. The molecule has 2 aliphatic rings. The molecule has 2 N–H and O–H groups in total. The Morgan fingerprint density at radius 3 is 2.40 bits per heavy atom. The summed E-state index contributed by atoms with van der Waals surface area (Å²) in [6, 6.07) is 12.7. The maximum absolute atomic E-state index is 4.02. The van der Waals surface area contributed by atoms with Crippen molar-refractivity contribution in [2.45, 2.75) is 57.7 Å². The van der Waals surface area contributed by atoms with E-state index in [1.165, 1.54) is 64.1 Å². The minimum absolute atomic E-state index is 0.486. The van der Waals surface area contributed by atoms with Crippen LogP contribution < -0.4 is 10.6 Å². The number of likely N-dealkylation sites (N-methyl/N-ethyl adjacent to an activating group) is 2. The number of hydrogen-bond acceptors (Lipinski definition) is 6. The Morgan fingerprint density at radius 1 is 0.971 bits per heavy atom. The van der Waals surface area contributed by atoms with Gasteiger partial charge in [-0.05, 0) is 64.9 Å². The van der Waals surface area contributed by atoms with Crippen molar-refractivity contribution in [1.82, 2.24) is 30.2 Å². The average molecular weight is 487 g/mol. The third-order valence-electron chi connectivity index (χ3n) is 7.78. The zero-order valence-corrected chi connectivity index (χ0v) is 23.4. The van der Waals surface area contributed by atoms with E-state index in [2.05, 4.69) is 95.6 Å². The summed E-state index contributed by atoms with van der Waals surface area (Å²) in [7, 11) is 6.61. The molecule has 0 aliphatic carbocycles. The average Bonchev–Trinajstić information content (AvgIpc) is 3.28. The van der Waals surface area contributed by atoms with E-state index in [0.717, 1.165) is 32.6 Å². The van der Waals surface area contributed by atoms with Crippen LogP contribution in [0.25, 0.3) is 0 Å². The summed E-state index contributed by atoms with van der Waals surface area (Å²) in [5, 5.41) is 8.02. The van der Waals surface area contributed by atoms with Crippen LogP contribution in [0, 0.1) is 5.92 Å². The first-order valence-electron chi connectivity index (χ1n) is 14.2. The molecule has 200 valence electrons. The number of nitrogens with one attached hydrogen (secondary N) is 2. The Kier molecular flexibility index (Phi) is 12.5. The number of likely N-dealkylation sites (tertiary alicyclic amines) is 1. The van der Waals surface area contributed by atoms with E-state index in [0.29, 0.717) is 24.0 Å². The molecule has 0 radical (unpaired) electrons. The summed E-state index contributed by atoms with van der Waals surface area (Å²) in [6.45, 7) is 16.4. The fourth-order valence-corrected chi connectivity index (χ4v) is 5.61. The molecule has 1 aromatic rings. The van der Waals surface area contributed by atoms with Crippen LogP contribution in [-0.2, 0) is 6.42 Å². The van der Waals surface area contributed by atoms with Crippen LogP contribution in [0.2, 0.25) is 0 Å². The van der Waals surface area contributed by atoms with E-state index in [1.54, 1.807) is 0 Å². The van der Waals surface area contributed by atoms with Crippen molar-refractivity contribution in [1.29, 1.82) is 0 Å². The first kappa shape index (κ1) is 28.5. The second kappa shape index (κ2) is 15.3. The van der Waals surface area contributed by atoms with Gasteiger partial charge in [-0.1, -0.05) is 44.2 Å². The van der Waals surface area contributed by atoms with E-state index < -0.39 is 0 Å². The fraction of sp³-hybridized carbons (Fsp3) is 0.793. The lowest BCUT2D eigenvalue weighted by Gasteiger charge is -2.35. The highest BCUT2D eigenvalue weighted by molar-refractivity contribution is 5.16. The van der Waals surface area contributed by atoms with Crippen LogP contribution >= 0.6 is 0 Å². The molecular weight excluding hydrogens is 432 g/mol. The van der Waals surface area contributed by atoms with Crippen molar-refractivity contribution in [2.24, 2.45) is 5.92 Å². The summed E-state index contributed by atoms with van der Waals surface area (Å²) in [5.41, 5.74) is 1.44. The summed E-state index contributed by atoms with van der Waals surface area (Å²) in [5.74, 6) is 0.702. The predicted molar refractivity (Wildman–Crippen MR) is 150 cm³/mol. The molecular formula is C29H54N6. The minimum Gasteiger partial charge on any atom is -0.311 e. The van der Waals surface area contributed by atoms with Gasteiger partial charge in [-0.3, -0.25) is 9.80 Å². The number of benzene rings is 1. The van der Waals surface area contributed by atoms with Crippen molar-refractivity contribution in [3.8, 4) is 0 Å². The maximum atomic E-state index is 4.02. The van der Waals surface area contributed by atoms with Crippen LogP contribution in [0.3, 0.4) is 0 Å². The SMILES string of the molecule is CC(C)C[C@@H](CN[C@@H](Cc1ccccc1)CN1CCN(C)CC1)NC[C@@H]1CCCN1CCN(C)C. The highest BCUT2D eigenvalue weighted by Crippen LogP contribution is 2.17. The molecule has 35 heavy (non-hydrogen) atoms. The molecule has 0 spiro atoms. The smallest absolute Gasteiger partial charge is 0.0236 e. The molecule has 6 nitrogen and oxygen atoms in total. The number of hydrogen-bond donors (Lipinski definition) is 2. The summed E-state index contributed by atoms with van der Waals surface area (Å²) in [6.07, 6.45) is 5.01. The van der Waals surface area contributed by atoms with Crippen molar-refractivity contribution < 1.29 is 0 Å². The topological polar surface area (TPSA) is 37.0 Å². The molecule has 2 aliphatic heterocycles. The summed E-state index contributed by atoms with van der Waals surface area (Å²) < 4.78 is 0. The van der Waals surface area contributed by atoms with Gasteiger partial charge in [-0.25, -0.2) is 0 Å². The van der Waals surface area contributed by atoms with E-state index in [1.807, 2.05) is 0 Å². The van der Waals surface area contributed by atoms with E-state index in [4.69, 9.17) is 0 Å². The Hall–Kier alpha value is -1.02. The normalized spacial score (nSPS) is 22.3. The first-order chi connectivity index (χ1) is 16.9. The number of nitrogens with zero attached hydrogens (tertiary/aromatic N) is 4. The van der Waals surface area contributed by atoms with Crippen molar-refractivity contribution >= 4 is 0 Å². The molecule has 0 saturated carbocycles. The van der Waals surface area contributed by atoms with Gasteiger partial charge >= 0.3 is 0 Å². The van der Waals surface area contributed by atoms with E-state index in [9.17, 15) is 0 Å². The maximum Gasteiger partial charge on any atom is 0.0236 e. The molecule has 0 bridgehead atoms. The van der Waals surface area contributed by atoms with Gasteiger partial charge in [-0.2, -0.15) is 0 Å². The van der Waals surface area contributed by atoms with Gasteiger partial charge in [0, 0.05) is 77.0 Å². The van der Waals surface area contributed by atoms with Crippen LogP contribution in [0.4, 0.5) is 0 Å². The minimum atomic E-state index is 0.486. The Balaban J connectivity index is 1.54. The molecule has 2 fully saturated rings. The van der Waals surface area contributed by atoms with E-state index >= 15 is 0 Å². The van der Waals surface area contributed by atoms with Gasteiger partial charge in [-0.15, -0.1) is 0 Å². The van der Waals surface area contributed by atoms with Crippen molar-refractivity contribution in [3.63, 3.8) is 0 Å². The second-order valence-corrected chi connectivity index (χ2v) is 11.8. The Labute approximate surface area is 216 Å². The van der Waals surface area contributed by atoms with Gasteiger partial charge in [0.05, 0.1) is 0 Å². The van der Waals surface area contributed by atoms with Crippen LogP contribution in [0.5, 0.6) is 0 Å². The molecule has 1 aromatic carbocycles. The number of piperazine rings is 1. The number of rotatable bonds is 15. The van der Waals surface area contributed by atoms with Crippen LogP contribution in [0.1, 0.15) is 38.7 Å². The highest BCUT2D eigenvalue weighted by Gasteiger charge is 2.25. The predicted octanol–water partition coefficient (Wildman–Crippen LogP) is 2.47. The lowest BCUT2D eigenvalue weighted by Crippen LogP contribution is -2.53. The molecule has 0 amide bonds. The van der Waals surface area contributed by atoms with Gasteiger partial charge in [0.15, 0.2) is 0 Å². The highest BCUT2D eigenvalue weighted by atomic mass is 15.3. The second-order valence-electron chi connectivity index (χ2n) is 11.8. The molecule has 2 saturated heterocycles. The summed E-state index contributed by atoms with van der Waals surface area (Å²) >= 11 is 0. The molecule has 3 rings (SSSR count). The van der Waals surface area contributed by atoms with E-state index in [-0.39, 0.29) is 0 Å². The fourth-order valence-electron chi connectivity index (χ4n) is 5.61. The molecule has 6 heteroatoms. The Morgan fingerprint density at radius 2 is 1.71 bits per heavy atom. The Bertz CT molecular complexity index is 673. The van der Waals surface area contributed by atoms with Gasteiger partial charge in [0.25, 0.3) is 0 Å². The zero-order valence-electron chi connectivity index (χ0n) is 23.4. The molecule has 2 heterocycles. The van der Waals surface area contributed by atoms with Crippen molar-refractivity contribution in [3.05, 3.63) is 35.9 Å². The molecule has 0 aromatic heterocycles. The lowest BCUT2D eigenvalue weighted by atomic mass is 10.0. The first-order valence-corrected chi connectivity index (χ1v) is 14.2. The van der Waals surface area contributed by atoms with Crippen LogP contribution in [0.15, 0.2) is 30.3 Å². The standard InChI is InChI=1S/C29H54N6/c1-25(2)20-27(31-23-29-12-9-13-35(29)19-14-32(3)4)22-30-28(21-26-10-7-6-8-11-26)24-34-17-15-33(5)16-18-34/h6-8,10-11,25,27-31H,9,12-24H2,1-5H3/t27-,28-,29-/m0/s1. The van der Waals surface area contributed by atoms with Crippen molar-refractivity contribution in [2.75, 3.05) is 86.6 Å². The lowest BCUT2D eigenvalue weighted by molar-refractivity contribution is 0.140. The zero-order chi connectivity index (χ0) is 25.0. The van der Waals surface area contributed by atoms with Gasteiger partial charge in [0.2, 0.25) is 0 Å². The van der Waals surface area contributed by atoms with Gasteiger partial charge < -0.3 is 20.4 Å². The quantitative estimate of drug-likeness (QED) is 0.397. The molecule has 0 unspecified atom stereocenters. The third kappa shape index (κ3) is 10.9. The largest absolute Gasteiger partial charge is 0.311 e. The van der Waals surface area contributed by atoms with Crippen LogP contribution in [-0.4, -0.2) is 124 Å². The monoisotopic (exact) mass is 486 g/mol. The van der Waals surface area contributed by atoms with Gasteiger partial charge in [0.1, 0.15) is 0 Å².